The molecule has 1 rings (SSSR count). The van der Waals surface area contributed by atoms with Gasteiger partial charge in [0.2, 0.25) is 0 Å². The van der Waals surface area contributed by atoms with Crippen molar-refractivity contribution in [3.63, 3.8) is 0 Å². The Balaban J connectivity index is 2.43. The molecule has 0 aromatic carbocycles. The summed E-state index contributed by atoms with van der Waals surface area (Å²) in [4.78, 5) is 0. The SMILES string of the molecule is CCCC1(CNC(C)(C)C)CCCN1. The molecule has 1 fully saturated rings. The van der Waals surface area contributed by atoms with Gasteiger partial charge in [0.05, 0.1) is 0 Å². The Hall–Kier alpha value is -0.0800. The molecule has 2 N–H and O–H groups in total. The van der Waals surface area contributed by atoms with Crippen LogP contribution in [0.5, 0.6) is 0 Å². The van der Waals surface area contributed by atoms with Gasteiger partial charge in [-0.15, -0.1) is 0 Å². The zero-order chi connectivity index (χ0) is 10.7. The number of rotatable bonds is 4. The van der Waals surface area contributed by atoms with Crippen molar-refractivity contribution in [2.75, 3.05) is 13.1 Å². The summed E-state index contributed by atoms with van der Waals surface area (Å²) < 4.78 is 0. The van der Waals surface area contributed by atoms with Crippen molar-refractivity contribution >= 4 is 0 Å². The topological polar surface area (TPSA) is 24.1 Å². The fourth-order valence-electron chi connectivity index (χ4n) is 2.23. The van der Waals surface area contributed by atoms with Gasteiger partial charge in [0.15, 0.2) is 0 Å². The molecule has 1 aliphatic heterocycles. The zero-order valence-corrected chi connectivity index (χ0v) is 10.2. The molecule has 1 saturated heterocycles. The zero-order valence-electron chi connectivity index (χ0n) is 10.2. The molecule has 0 aliphatic carbocycles. The van der Waals surface area contributed by atoms with Crippen molar-refractivity contribution in [1.29, 1.82) is 0 Å². The van der Waals surface area contributed by atoms with E-state index in [0.717, 1.165) is 6.54 Å². The standard InChI is InChI=1S/C12H26N2/c1-5-7-12(8-6-9-13-12)10-14-11(2,3)4/h13-14H,5-10H2,1-4H3. The normalized spacial score (nSPS) is 28.3. The lowest BCUT2D eigenvalue weighted by Gasteiger charge is -2.33. The fourth-order valence-corrected chi connectivity index (χ4v) is 2.23. The summed E-state index contributed by atoms with van der Waals surface area (Å²) in [6.45, 7) is 11.3. The lowest BCUT2D eigenvalue weighted by atomic mass is 9.91. The van der Waals surface area contributed by atoms with Crippen LogP contribution in [-0.2, 0) is 0 Å². The molecule has 1 atom stereocenters. The van der Waals surface area contributed by atoms with E-state index in [1.54, 1.807) is 0 Å². The Labute approximate surface area is 88.8 Å². The summed E-state index contributed by atoms with van der Waals surface area (Å²) in [5.41, 5.74) is 0.632. The summed E-state index contributed by atoms with van der Waals surface area (Å²) in [6, 6.07) is 0. The van der Waals surface area contributed by atoms with Gasteiger partial charge in [-0.2, -0.15) is 0 Å². The average molecular weight is 198 g/mol. The van der Waals surface area contributed by atoms with Crippen LogP contribution in [0.4, 0.5) is 0 Å². The van der Waals surface area contributed by atoms with Crippen LogP contribution in [0, 0.1) is 0 Å². The first kappa shape index (κ1) is 12.0. The minimum Gasteiger partial charge on any atom is -0.310 e. The highest BCUT2D eigenvalue weighted by atomic mass is 15.1. The lowest BCUT2D eigenvalue weighted by Crippen LogP contribution is -2.52. The smallest absolute Gasteiger partial charge is 0.0306 e. The summed E-state index contributed by atoms with van der Waals surface area (Å²) in [7, 11) is 0. The van der Waals surface area contributed by atoms with E-state index in [1.807, 2.05) is 0 Å². The molecule has 2 nitrogen and oxygen atoms in total. The molecular weight excluding hydrogens is 172 g/mol. The van der Waals surface area contributed by atoms with Gasteiger partial charge in [0.25, 0.3) is 0 Å². The third-order valence-corrected chi connectivity index (χ3v) is 3.02. The van der Waals surface area contributed by atoms with E-state index < -0.39 is 0 Å². The molecule has 0 spiro atoms. The Morgan fingerprint density at radius 1 is 1.36 bits per heavy atom. The first-order chi connectivity index (χ1) is 6.47. The van der Waals surface area contributed by atoms with E-state index in [0.29, 0.717) is 5.54 Å². The maximum Gasteiger partial charge on any atom is 0.0306 e. The van der Waals surface area contributed by atoms with Crippen molar-refractivity contribution < 1.29 is 0 Å². The van der Waals surface area contributed by atoms with E-state index in [1.165, 1.54) is 32.2 Å². The van der Waals surface area contributed by atoms with Crippen LogP contribution < -0.4 is 10.6 Å². The highest BCUT2D eigenvalue weighted by molar-refractivity contribution is 4.95. The van der Waals surface area contributed by atoms with Crippen molar-refractivity contribution in [2.45, 2.75) is 64.5 Å². The van der Waals surface area contributed by atoms with E-state index in [9.17, 15) is 0 Å². The van der Waals surface area contributed by atoms with Crippen LogP contribution in [0.1, 0.15) is 53.4 Å². The molecule has 2 heteroatoms. The third-order valence-electron chi connectivity index (χ3n) is 3.02. The molecule has 0 bridgehead atoms. The summed E-state index contributed by atoms with van der Waals surface area (Å²) >= 11 is 0. The first-order valence-corrected chi connectivity index (χ1v) is 5.97. The summed E-state index contributed by atoms with van der Waals surface area (Å²) in [5.74, 6) is 0. The molecule has 1 unspecified atom stereocenters. The molecule has 1 aliphatic rings. The molecule has 1 heterocycles. The van der Waals surface area contributed by atoms with E-state index in [-0.39, 0.29) is 5.54 Å². The predicted octanol–water partition coefficient (Wildman–Crippen LogP) is 2.30. The van der Waals surface area contributed by atoms with E-state index in [2.05, 4.69) is 38.3 Å². The van der Waals surface area contributed by atoms with Crippen LogP contribution >= 0.6 is 0 Å². The van der Waals surface area contributed by atoms with E-state index in [4.69, 9.17) is 0 Å². The van der Waals surface area contributed by atoms with Crippen molar-refractivity contribution in [2.24, 2.45) is 0 Å². The van der Waals surface area contributed by atoms with Gasteiger partial charge in [-0.25, -0.2) is 0 Å². The monoisotopic (exact) mass is 198 g/mol. The second-order valence-electron chi connectivity index (χ2n) is 5.66. The molecule has 84 valence electrons. The molecule has 0 radical (unpaired) electrons. The van der Waals surface area contributed by atoms with Crippen LogP contribution in [0.3, 0.4) is 0 Å². The summed E-state index contributed by atoms with van der Waals surface area (Å²) in [6.07, 6.45) is 5.25. The van der Waals surface area contributed by atoms with Crippen LogP contribution in [0.2, 0.25) is 0 Å². The van der Waals surface area contributed by atoms with Crippen LogP contribution in [0.25, 0.3) is 0 Å². The average Bonchev–Trinajstić information content (AvgIpc) is 2.50. The van der Waals surface area contributed by atoms with Crippen LogP contribution in [-0.4, -0.2) is 24.2 Å². The van der Waals surface area contributed by atoms with Crippen molar-refractivity contribution in [3.8, 4) is 0 Å². The molecule has 0 saturated carbocycles. The number of nitrogens with one attached hydrogen (secondary N) is 2. The molecule has 0 amide bonds. The highest BCUT2D eigenvalue weighted by Gasteiger charge is 2.32. The second-order valence-corrected chi connectivity index (χ2v) is 5.66. The molecule has 14 heavy (non-hydrogen) atoms. The van der Waals surface area contributed by atoms with Gasteiger partial charge in [-0.1, -0.05) is 13.3 Å². The summed E-state index contributed by atoms with van der Waals surface area (Å²) in [5, 5.41) is 7.31. The number of hydrogen-bond acceptors (Lipinski definition) is 2. The van der Waals surface area contributed by atoms with Gasteiger partial charge in [-0.3, -0.25) is 0 Å². The quantitative estimate of drug-likeness (QED) is 0.724. The van der Waals surface area contributed by atoms with Gasteiger partial charge in [0.1, 0.15) is 0 Å². The van der Waals surface area contributed by atoms with Gasteiger partial charge >= 0.3 is 0 Å². The Bertz CT molecular complexity index is 164. The maximum absolute atomic E-state index is 3.68. The third kappa shape index (κ3) is 3.58. The number of hydrogen-bond donors (Lipinski definition) is 2. The molecular formula is C12H26N2. The van der Waals surface area contributed by atoms with Gasteiger partial charge < -0.3 is 10.6 Å². The molecule has 0 aromatic heterocycles. The highest BCUT2D eigenvalue weighted by Crippen LogP contribution is 2.24. The lowest BCUT2D eigenvalue weighted by molar-refractivity contribution is 0.285. The minimum atomic E-state index is 0.241. The fraction of sp³-hybridized carbons (Fsp3) is 1.00. The Morgan fingerprint density at radius 2 is 2.07 bits per heavy atom. The Kier molecular flexibility index (Phi) is 3.96. The van der Waals surface area contributed by atoms with Gasteiger partial charge in [0, 0.05) is 17.6 Å². The Morgan fingerprint density at radius 3 is 2.50 bits per heavy atom. The second kappa shape index (κ2) is 4.63. The predicted molar refractivity (Wildman–Crippen MR) is 62.6 cm³/mol. The van der Waals surface area contributed by atoms with E-state index >= 15 is 0 Å². The first-order valence-electron chi connectivity index (χ1n) is 5.97. The largest absolute Gasteiger partial charge is 0.310 e. The van der Waals surface area contributed by atoms with Crippen molar-refractivity contribution in [3.05, 3.63) is 0 Å². The molecule has 0 aromatic rings. The van der Waals surface area contributed by atoms with Crippen molar-refractivity contribution in [1.82, 2.24) is 10.6 Å². The minimum absolute atomic E-state index is 0.241. The van der Waals surface area contributed by atoms with Gasteiger partial charge in [-0.05, 0) is 46.6 Å². The van der Waals surface area contributed by atoms with Crippen LogP contribution in [0.15, 0.2) is 0 Å². The maximum atomic E-state index is 3.68.